The molecule has 0 spiro atoms. The maximum absolute atomic E-state index is 12.6. The molecule has 1 aromatic heterocycles. The summed E-state index contributed by atoms with van der Waals surface area (Å²) in [6, 6.07) is 7.81. The number of ether oxygens (including phenoxy) is 2. The zero-order valence-electron chi connectivity index (χ0n) is 14.6. The summed E-state index contributed by atoms with van der Waals surface area (Å²) in [4.78, 5) is 19.1. The van der Waals surface area contributed by atoms with Gasteiger partial charge in [-0.3, -0.25) is 14.7 Å². The Kier molecular flexibility index (Phi) is 3.81. The van der Waals surface area contributed by atoms with Crippen LogP contribution in [-0.2, 0) is 13.1 Å². The summed E-state index contributed by atoms with van der Waals surface area (Å²) < 4.78 is 11.8. The number of carbonyl (C=O) groups is 1. The summed E-state index contributed by atoms with van der Waals surface area (Å²) in [6.07, 6.45) is 1.79. The average molecular weight is 336 g/mol. The largest absolute Gasteiger partial charge is 0.477 e. The van der Waals surface area contributed by atoms with Gasteiger partial charge in [-0.05, 0) is 44.5 Å². The van der Waals surface area contributed by atoms with Crippen molar-refractivity contribution >= 4 is 5.78 Å². The van der Waals surface area contributed by atoms with Gasteiger partial charge in [0.1, 0.15) is 18.2 Å². The van der Waals surface area contributed by atoms with Crippen LogP contribution in [-0.4, -0.2) is 22.4 Å². The second-order valence-corrected chi connectivity index (χ2v) is 6.71. The maximum Gasteiger partial charge on any atom is 0.231 e. The second-order valence-electron chi connectivity index (χ2n) is 6.71. The number of rotatable bonds is 2. The summed E-state index contributed by atoms with van der Waals surface area (Å²) in [7, 11) is 0. The second kappa shape index (κ2) is 6.01. The summed E-state index contributed by atoms with van der Waals surface area (Å²) in [6.45, 7) is 7.65. The monoisotopic (exact) mass is 336 g/mol. The number of Topliss-reactive ketones (excluding diaryl/α,β-unsaturated/α-hetero) is 1. The number of carbonyl (C=O) groups excluding carboxylic acids is 1. The molecule has 0 bridgehead atoms. The molecule has 0 unspecified atom stereocenters. The highest BCUT2D eigenvalue weighted by Gasteiger charge is 2.34. The van der Waals surface area contributed by atoms with Crippen molar-refractivity contribution < 1.29 is 14.3 Å². The van der Waals surface area contributed by atoms with Gasteiger partial charge in [0.05, 0.1) is 11.3 Å². The standard InChI is InChI=1S/C20H20N2O3/c1-12(2)18-17(23)16-8-14-9-22(10-15-6-4-5-7-21-15)11-24-19(14)13(3)20(16)25-18/h4-8H,9-11H2,1-3H3. The van der Waals surface area contributed by atoms with E-state index in [-0.39, 0.29) is 5.78 Å². The van der Waals surface area contributed by atoms with Gasteiger partial charge >= 0.3 is 0 Å². The van der Waals surface area contributed by atoms with Gasteiger partial charge < -0.3 is 9.47 Å². The predicted molar refractivity (Wildman–Crippen MR) is 93.5 cm³/mol. The number of benzene rings is 1. The zero-order chi connectivity index (χ0) is 17.6. The Labute approximate surface area is 146 Å². The van der Waals surface area contributed by atoms with Crippen molar-refractivity contribution in [1.82, 2.24) is 9.88 Å². The molecule has 2 aliphatic rings. The first-order chi connectivity index (χ1) is 12.0. The molecule has 0 amide bonds. The van der Waals surface area contributed by atoms with Crippen LogP contribution in [0, 0.1) is 6.92 Å². The van der Waals surface area contributed by atoms with Gasteiger partial charge in [0.15, 0.2) is 5.76 Å². The van der Waals surface area contributed by atoms with E-state index >= 15 is 0 Å². The summed E-state index contributed by atoms with van der Waals surface area (Å²) in [5.41, 5.74) is 4.44. The van der Waals surface area contributed by atoms with Crippen molar-refractivity contribution in [2.45, 2.75) is 33.9 Å². The number of aromatic nitrogens is 1. The van der Waals surface area contributed by atoms with Gasteiger partial charge in [-0.2, -0.15) is 0 Å². The van der Waals surface area contributed by atoms with E-state index in [0.717, 1.165) is 34.7 Å². The molecule has 1 aromatic carbocycles. The molecule has 4 rings (SSSR count). The minimum absolute atomic E-state index is 0.0391. The number of ketones is 1. The Morgan fingerprint density at radius 2 is 2.12 bits per heavy atom. The summed E-state index contributed by atoms with van der Waals surface area (Å²) in [5, 5.41) is 0. The number of hydrogen-bond acceptors (Lipinski definition) is 5. The minimum Gasteiger partial charge on any atom is -0.477 e. The van der Waals surface area contributed by atoms with Gasteiger partial charge in [-0.1, -0.05) is 6.07 Å². The van der Waals surface area contributed by atoms with Gasteiger partial charge in [0, 0.05) is 30.4 Å². The van der Waals surface area contributed by atoms with Crippen LogP contribution in [0.2, 0.25) is 0 Å². The Hall–Kier alpha value is -2.66. The lowest BCUT2D eigenvalue weighted by atomic mass is 9.99. The highest BCUT2D eigenvalue weighted by Crippen LogP contribution is 2.43. The number of hydrogen-bond donors (Lipinski definition) is 0. The van der Waals surface area contributed by atoms with Gasteiger partial charge in [0.25, 0.3) is 0 Å². The third kappa shape index (κ3) is 2.70. The molecule has 5 heteroatoms. The Morgan fingerprint density at radius 3 is 2.84 bits per heavy atom. The molecule has 0 fully saturated rings. The maximum atomic E-state index is 12.6. The molecule has 128 valence electrons. The number of allylic oxidation sites excluding steroid dienone is 2. The molecule has 0 N–H and O–H groups in total. The Balaban J connectivity index is 1.65. The fourth-order valence-electron chi connectivity index (χ4n) is 3.33. The molecule has 0 atom stereocenters. The van der Waals surface area contributed by atoms with Crippen LogP contribution in [0.5, 0.6) is 11.5 Å². The molecule has 5 nitrogen and oxygen atoms in total. The van der Waals surface area contributed by atoms with Gasteiger partial charge in [-0.15, -0.1) is 0 Å². The first kappa shape index (κ1) is 15.8. The topological polar surface area (TPSA) is 51.7 Å². The zero-order valence-corrected chi connectivity index (χ0v) is 14.6. The third-order valence-corrected chi connectivity index (χ3v) is 4.54. The molecule has 2 aliphatic heterocycles. The first-order valence-electron chi connectivity index (χ1n) is 8.36. The SMILES string of the molecule is CC(C)=C1Oc2c(cc3c(c2C)OCN(Cc2ccccn2)C3)C1=O. The van der Waals surface area contributed by atoms with Gasteiger partial charge in [-0.25, -0.2) is 0 Å². The van der Waals surface area contributed by atoms with Crippen molar-refractivity contribution in [3.63, 3.8) is 0 Å². The lowest BCUT2D eigenvalue weighted by Crippen LogP contribution is -2.32. The van der Waals surface area contributed by atoms with Crippen LogP contribution < -0.4 is 9.47 Å². The van der Waals surface area contributed by atoms with Crippen molar-refractivity contribution in [1.29, 1.82) is 0 Å². The van der Waals surface area contributed by atoms with E-state index in [0.29, 0.717) is 30.3 Å². The van der Waals surface area contributed by atoms with Crippen LogP contribution in [0.25, 0.3) is 0 Å². The molecule has 2 aromatic rings. The van der Waals surface area contributed by atoms with Crippen LogP contribution in [0.3, 0.4) is 0 Å². The molecule has 0 radical (unpaired) electrons. The van der Waals surface area contributed by atoms with Crippen molar-refractivity contribution in [2.75, 3.05) is 6.73 Å². The van der Waals surface area contributed by atoms with Crippen LogP contribution in [0.1, 0.15) is 41.0 Å². The molecular weight excluding hydrogens is 316 g/mol. The number of nitrogens with zero attached hydrogens (tertiary/aromatic N) is 2. The highest BCUT2D eigenvalue weighted by atomic mass is 16.5. The lowest BCUT2D eigenvalue weighted by molar-refractivity contribution is 0.0865. The quantitative estimate of drug-likeness (QED) is 0.784. The van der Waals surface area contributed by atoms with Crippen LogP contribution in [0.4, 0.5) is 0 Å². The van der Waals surface area contributed by atoms with Crippen LogP contribution >= 0.6 is 0 Å². The first-order valence-corrected chi connectivity index (χ1v) is 8.36. The minimum atomic E-state index is -0.0391. The van der Waals surface area contributed by atoms with E-state index < -0.39 is 0 Å². The lowest BCUT2D eigenvalue weighted by Gasteiger charge is -2.30. The van der Waals surface area contributed by atoms with Crippen LogP contribution in [0.15, 0.2) is 41.8 Å². The van der Waals surface area contributed by atoms with E-state index in [1.807, 2.05) is 45.0 Å². The fourth-order valence-corrected chi connectivity index (χ4v) is 3.33. The summed E-state index contributed by atoms with van der Waals surface area (Å²) in [5.74, 6) is 1.87. The molecule has 0 aliphatic carbocycles. The smallest absolute Gasteiger partial charge is 0.231 e. The van der Waals surface area contributed by atoms with E-state index in [1.54, 1.807) is 6.20 Å². The predicted octanol–water partition coefficient (Wildman–Crippen LogP) is 3.61. The molecular formula is C20H20N2O3. The van der Waals surface area contributed by atoms with Crippen molar-refractivity contribution in [3.05, 3.63) is 64.2 Å². The van der Waals surface area contributed by atoms with E-state index in [9.17, 15) is 4.79 Å². The molecule has 0 saturated carbocycles. The number of pyridine rings is 1. The van der Waals surface area contributed by atoms with E-state index in [2.05, 4.69) is 9.88 Å². The Bertz CT molecular complexity index is 884. The van der Waals surface area contributed by atoms with Gasteiger partial charge in [0.2, 0.25) is 5.78 Å². The molecule has 25 heavy (non-hydrogen) atoms. The molecule has 3 heterocycles. The van der Waals surface area contributed by atoms with Crippen molar-refractivity contribution in [3.8, 4) is 11.5 Å². The average Bonchev–Trinajstić information content (AvgIpc) is 2.93. The third-order valence-electron chi connectivity index (χ3n) is 4.54. The molecule has 0 saturated heterocycles. The van der Waals surface area contributed by atoms with E-state index in [1.165, 1.54) is 0 Å². The normalized spacial score (nSPS) is 16.1. The number of fused-ring (bicyclic) bond motifs is 2. The highest BCUT2D eigenvalue weighted by molar-refractivity contribution is 6.13. The van der Waals surface area contributed by atoms with Crippen molar-refractivity contribution in [2.24, 2.45) is 0 Å². The Morgan fingerprint density at radius 1 is 1.28 bits per heavy atom. The van der Waals surface area contributed by atoms with E-state index in [4.69, 9.17) is 9.47 Å². The summed E-state index contributed by atoms with van der Waals surface area (Å²) >= 11 is 0. The fraction of sp³-hybridized carbons (Fsp3) is 0.300.